The van der Waals surface area contributed by atoms with Crippen molar-refractivity contribution in [2.45, 2.75) is 58.0 Å². The summed E-state index contributed by atoms with van der Waals surface area (Å²) in [6.45, 7) is 9.26. The molecule has 2 N–H and O–H groups in total. The second kappa shape index (κ2) is 8.77. The number of guanidine groups is 1. The molecule has 0 atom stereocenters. The Bertz CT molecular complexity index is 1330. The molecule has 1 heterocycles. The van der Waals surface area contributed by atoms with E-state index in [0.29, 0.717) is 0 Å². The summed E-state index contributed by atoms with van der Waals surface area (Å²) in [5.41, 5.74) is 5.72. The molecule has 174 valence electrons. The molecule has 4 aromatic carbocycles. The molecule has 0 aliphatic carbocycles. The molecule has 1 aliphatic heterocycles. The van der Waals surface area contributed by atoms with Gasteiger partial charge in [0, 0.05) is 27.5 Å². The number of anilines is 1. The maximum Gasteiger partial charge on any atom is 0.215 e. The van der Waals surface area contributed by atoms with Gasteiger partial charge in [-0.3, -0.25) is 5.43 Å². The highest BCUT2D eigenvalue weighted by Gasteiger charge is 2.42. The monoisotopic (exact) mass is 450 g/mol. The number of benzene rings is 4. The lowest BCUT2D eigenvalue weighted by Crippen LogP contribution is -2.66. The molecule has 0 unspecified atom stereocenters. The number of hydrazine groups is 1. The minimum atomic E-state index is 0.00170. The Labute approximate surface area is 202 Å². The minimum absolute atomic E-state index is 0.00170. The van der Waals surface area contributed by atoms with Gasteiger partial charge in [0.1, 0.15) is 0 Å². The third-order valence-corrected chi connectivity index (χ3v) is 7.05. The number of nitrogens with zero attached hydrogens (tertiary/aromatic N) is 2. The van der Waals surface area contributed by atoms with Crippen LogP contribution in [0.4, 0.5) is 11.4 Å². The molecule has 4 nitrogen and oxygen atoms in total. The van der Waals surface area contributed by atoms with Crippen LogP contribution in [0.2, 0.25) is 0 Å². The fourth-order valence-corrected chi connectivity index (χ4v) is 5.37. The standard InChI is InChI=1S/C30H34N4/c1-29(2)20-11-21-30(3,4)34(29)33-28(31-26-18-9-14-22-12-5-7-16-24(22)26)32-27-19-10-15-23-13-6-8-17-25(23)27/h5-10,12-19H,11,20-21H2,1-4H3,(H2,31,32,33). The van der Waals surface area contributed by atoms with Gasteiger partial charge in [-0.1, -0.05) is 72.8 Å². The maximum absolute atomic E-state index is 5.17. The first-order valence-corrected chi connectivity index (χ1v) is 12.2. The van der Waals surface area contributed by atoms with Crippen molar-refractivity contribution in [2.75, 3.05) is 5.32 Å². The Hall–Kier alpha value is -3.37. The van der Waals surface area contributed by atoms with Crippen molar-refractivity contribution in [3.63, 3.8) is 0 Å². The number of fused-ring (bicyclic) bond motifs is 2. The highest BCUT2D eigenvalue weighted by molar-refractivity contribution is 6.05. The van der Waals surface area contributed by atoms with Crippen LogP contribution in [0.5, 0.6) is 0 Å². The lowest BCUT2D eigenvalue weighted by atomic mass is 9.82. The first kappa shape index (κ1) is 22.4. The molecule has 0 saturated carbocycles. The summed E-state index contributed by atoms with van der Waals surface area (Å²) >= 11 is 0. The number of hydrogen-bond acceptors (Lipinski definition) is 2. The Morgan fingerprint density at radius 1 is 0.706 bits per heavy atom. The zero-order valence-corrected chi connectivity index (χ0v) is 20.6. The van der Waals surface area contributed by atoms with E-state index >= 15 is 0 Å². The second-order valence-electron chi connectivity index (χ2n) is 10.5. The zero-order valence-electron chi connectivity index (χ0n) is 20.6. The SMILES string of the molecule is CC1(C)CCCC(C)(C)N1NC(=Nc1cccc2ccccc12)Nc1cccc2ccccc12. The highest BCUT2D eigenvalue weighted by atomic mass is 15.6. The quantitative estimate of drug-likeness (QED) is 0.249. The molecule has 1 fully saturated rings. The second-order valence-corrected chi connectivity index (χ2v) is 10.5. The Balaban J connectivity index is 1.61. The van der Waals surface area contributed by atoms with Gasteiger partial charge in [0.2, 0.25) is 5.96 Å². The van der Waals surface area contributed by atoms with Gasteiger partial charge in [-0.2, -0.15) is 0 Å². The number of hydrogen-bond donors (Lipinski definition) is 2. The fraction of sp³-hybridized carbons (Fsp3) is 0.300. The van der Waals surface area contributed by atoms with Crippen LogP contribution in [0.1, 0.15) is 47.0 Å². The van der Waals surface area contributed by atoms with Gasteiger partial charge in [-0.15, -0.1) is 0 Å². The van der Waals surface area contributed by atoms with Gasteiger partial charge in [0.15, 0.2) is 0 Å². The predicted octanol–water partition coefficient (Wildman–Crippen LogP) is 7.64. The lowest BCUT2D eigenvalue weighted by molar-refractivity contribution is -0.0509. The number of rotatable bonds is 3. The van der Waals surface area contributed by atoms with Crippen LogP contribution in [-0.4, -0.2) is 22.0 Å². The average molecular weight is 451 g/mol. The number of nitrogens with one attached hydrogen (secondary N) is 2. The molecule has 1 aliphatic rings. The molecule has 4 aromatic rings. The van der Waals surface area contributed by atoms with Crippen LogP contribution in [0.15, 0.2) is 89.9 Å². The molecule has 0 spiro atoms. The largest absolute Gasteiger partial charge is 0.324 e. The third kappa shape index (κ3) is 4.38. The summed E-state index contributed by atoms with van der Waals surface area (Å²) in [7, 11) is 0. The van der Waals surface area contributed by atoms with Gasteiger partial charge >= 0.3 is 0 Å². The van der Waals surface area contributed by atoms with E-state index in [1.807, 2.05) is 0 Å². The van der Waals surface area contributed by atoms with Crippen molar-refractivity contribution in [1.29, 1.82) is 0 Å². The summed E-state index contributed by atoms with van der Waals surface area (Å²) in [6, 6.07) is 29.5. The van der Waals surface area contributed by atoms with E-state index in [2.05, 4.69) is 128 Å². The molecular weight excluding hydrogens is 416 g/mol. The molecular formula is C30H34N4. The van der Waals surface area contributed by atoms with Gasteiger partial charge in [-0.05, 0) is 69.9 Å². The average Bonchev–Trinajstić information content (AvgIpc) is 2.81. The van der Waals surface area contributed by atoms with E-state index in [1.165, 1.54) is 22.6 Å². The van der Waals surface area contributed by atoms with Crippen LogP contribution in [0.25, 0.3) is 21.5 Å². The summed E-state index contributed by atoms with van der Waals surface area (Å²) in [4.78, 5) is 5.17. The van der Waals surface area contributed by atoms with Crippen LogP contribution in [0, 0.1) is 0 Å². The topological polar surface area (TPSA) is 39.7 Å². The van der Waals surface area contributed by atoms with E-state index in [4.69, 9.17) is 4.99 Å². The minimum Gasteiger partial charge on any atom is -0.324 e. The van der Waals surface area contributed by atoms with Gasteiger partial charge in [-0.25, -0.2) is 10.0 Å². The summed E-state index contributed by atoms with van der Waals surface area (Å²) in [6.07, 6.45) is 3.50. The highest BCUT2D eigenvalue weighted by Crippen LogP contribution is 2.37. The summed E-state index contributed by atoms with van der Waals surface area (Å²) in [5.74, 6) is 0.732. The van der Waals surface area contributed by atoms with Gasteiger partial charge < -0.3 is 5.32 Å². The van der Waals surface area contributed by atoms with Crippen molar-refractivity contribution in [3.8, 4) is 0 Å². The smallest absolute Gasteiger partial charge is 0.215 e. The zero-order chi connectivity index (χ0) is 23.8. The fourth-order valence-electron chi connectivity index (χ4n) is 5.37. The van der Waals surface area contributed by atoms with E-state index in [9.17, 15) is 0 Å². The van der Waals surface area contributed by atoms with Crippen molar-refractivity contribution < 1.29 is 0 Å². The first-order valence-electron chi connectivity index (χ1n) is 12.2. The molecule has 1 saturated heterocycles. The van der Waals surface area contributed by atoms with Crippen LogP contribution >= 0.6 is 0 Å². The van der Waals surface area contributed by atoms with Gasteiger partial charge in [0.05, 0.1) is 5.69 Å². The predicted molar refractivity (Wildman–Crippen MR) is 146 cm³/mol. The molecule has 0 bridgehead atoms. The Kier molecular flexibility index (Phi) is 5.78. The number of aliphatic imine (C=N–C) groups is 1. The first-order chi connectivity index (χ1) is 16.3. The van der Waals surface area contributed by atoms with Crippen molar-refractivity contribution >= 4 is 38.9 Å². The molecule has 5 rings (SSSR count). The van der Waals surface area contributed by atoms with Crippen LogP contribution in [-0.2, 0) is 0 Å². The molecule has 0 amide bonds. The maximum atomic E-state index is 5.17. The van der Waals surface area contributed by atoms with Crippen molar-refractivity contribution in [2.24, 2.45) is 4.99 Å². The van der Waals surface area contributed by atoms with Crippen molar-refractivity contribution in [3.05, 3.63) is 84.9 Å². The lowest BCUT2D eigenvalue weighted by Gasteiger charge is -2.52. The molecule has 4 heteroatoms. The van der Waals surface area contributed by atoms with Crippen molar-refractivity contribution in [1.82, 2.24) is 10.4 Å². The third-order valence-electron chi connectivity index (χ3n) is 7.05. The summed E-state index contributed by atoms with van der Waals surface area (Å²) < 4.78 is 0. The van der Waals surface area contributed by atoms with Crippen LogP contribution in [0.3, 0.4) is 0 Å². The normalized spacial score (nSPS) is 18.2. The Morgan fingerprint density at radius 3 is 1.97 bits per heavy atom. The van der Waals surface area contributed by atoms with Crippen LogP contribution < -0.4 is 10.7 Å². The van der Waals surface area contributed by atoms with E-state index in [0.717, 1.165) is 35.6 Å². The Morgan fingerprint density at radius 2 is 1.26 bits per heavy atom. The van der Waals surface area contributed by atoms with E-state index in [1.54, 1.807) is 0 Å². The molecule has 34 heavy (non-hydrogen) atoms. The van der Waals surface area contributed by atoms with Gasteiger partial charge in [0.25, 0.3) is 0 Å². The molecule has 0 radical (unpaired) electrons. The number of piperidine rings is 1. The van der Waals surface area contributed by atoms with E-state index in [-0.39, 0.29) is 11.1 Å². The van der Waals surface area contributed by atoms with E-state index < -0.39 is 0 Å². The molecule has 0 aromatic heterocycles. The summed E-state index contributed by atoms with van der Waals surface area (Å²) in [5, 5.41) is 10.8.